The van der Waals surface area contributed by atoms with Gasteiger partial charge < -0.3 is 5.32 Å². The molecule has 0 aliphatic heterocycles. The third-order valence-corrected chi connectivity index (χ3v) is 3.01. The van der Waals surface area contributed by atoms with E-state index in [4.69, 9.17) is 0 Å². The molecule has 2 aromatic rings. The number of pyridine rings is 1. The van der Waals surface area contributed by atoms with Gasteiger partial charge in [-0.3, -0.25) is 4.98 Å². The molecule has 0 amide bonds. The molecule has 0 unspecified atom stereocenters. The van der Waals surface area contributed by atoms with Crippen LogP contribution in [0.3, 0.4) is 0 Å². The van der Waals surface area contributed by atoms with Gasteiger partial charge in [0.2, 0.25) is 0 Å². The average Bonchev–Trinajstić information content (AvgIpc) is 2.33. The first-order valence-electron chi connectivity index (χ1n) is 5.34. The Morgan fingerprint density at radius 3 is 2.82 bits per heavy atom. The summed E-state index contributed by atoms with van der Waals surface area (Å²) in [7, 11) is 0. The fourth-order valence-corrected chi connectivity index (χ4v) is 2.00. The molecule has 4 heteroatoms. The fourth-order valence-electron chi connectivity index (χ4n) is 1.50. The first kappa shape index (κ1) is 12.0. The second-order valence-corrected chi connectivity index (χ2v) is 4.48. The molecule has 0 atom stereocenters. The molecular formula is C13H12BrFN2. The van der Waals surface area contributed by atoms with Crippen LogP contribution >= 0.6 is 15.9 Å². The highest BCUT2D eigenvalue weighted by atomic mass is 79.9. The first-order chi connectivity index (χ1) is 8.25. The lowest BCUT2D eigenvalue weighted by Crippen LogP contribution is -2.06. The van der Waals surface area contributed by atoms with E-state index in [2.05, 4.69) is 26.2 Å². The molecule has 0 radical (unpaired) electrons. The number of rotatable bonds is 4. The van der Waals surface area contributed by atoms with Gasteiger partial charge in [-0.05, 0) is 46.3 Å². The number of hydrogen-bond donors (Lipinski definition) is 1. The van der Waals surface area contributed by atoms with Gasteiger partial charge in [0, 0.05) is 35.0 Å². The van der Waals surface area contributed by atoms with Gasteiger partial charge in [-0.15, -0.1) is 0 Å². The molecule has 0 aliphatic rings. The van der Waals surface area contributed by atoms with Gasteiger partial charge in [0.1, 0.15) is 5.82 Å². The molecule has 1 heterocycles. The quantitative estimate of drug-likeness (QED) is 0.931. The van der Waals surface area contributed by atoms with Crippen molar-refractivity contribution in [2.45, 2.75) is 6.42 Å². The summed E-state index contributed by atoms with van der Waals surface area (Å²) < 4.78 is 13.6. The molecule has 0 saturated heterocycles. The Hall–Kier alpha value is -1.42. The van der Waals surface area contributed by atoms with Crippen LogP contribution in [0, 0.1) is 5.82 Å². The summed E-state index contributed by atoms with van der Waals surface area (Å²) in [5.74, 6) is -0.243. The number of benzene rings is 1. The Labute approximate surface area is 108 Å². The van der Waals surface area contributed by atoms with Gasteiger partial charge in [-0.1, -0.05) is 6.07 Å². The van der Waals surface area contributed by atoms with E-state index in [1.54, 1.807) is 12.3 Å². The minimum atomic E-state index is -0.243. The topological polar surface area (TPSA) is 24.9 Å². The first-order valence-corrected chi connectivity index (χ1v) is 6.14. The molecule has 0 fully saturated rings. The number of anilines is 1. The fraction of sp³-hybridized carbons (Fsp3) is 0.154. The van der Waals surface area contributed by atoms with Gasteiger partial charge in [-0.25, -0.2) is 4.39 Å². The molecule has 1 aromatic heterocycles. The Kier molecular flexibility index (Phi) is 4.09. The molecule has 0 saturated carbocycles. The average molecular weight is 295 g/mol. The minimum Gasteiger partial charge on any atom is -0.384 e. The second-order valence-electron chi connectivity index (χ2n) is 3.62. The lowest BCUT2D eigenvalue weighted by molar-refractivity contribution is 0.627. The molecule has 88 valence electrons. The van der Waals surface area contributed by atoms with E-state index in [-0.39, 0.29) is 5.82 Å². The van der Waals surface area contributed by atoms with E-state index in [9.17, 15) is 4.39 Å². The number of hydrogen-bond acceptors (Lipinski definition) is 2. The summed E-state index contributed by atoms with van der Waals surface area (Å²) >= 11 is 3.32. The molecule has 2 rings (SSSR count). The van der Waals surface area contributed by atoms with Gasteiger partial charge in [-0.2, -0.15) is 0 Å². The van der Waals surface area contributed by atoms with Crippen molar-refractivity contribution >= 4 is 21.6 Å². The summed E-state index contributed by atoms with van der Waals surface area (Å²) in [4.78, 5) is 4.23. The van der Waals surface area contributed by atoms with Crippen LogP contribution in [-0.2, 0) is 6.42 Å². The predicted molar refractivity (Wildman–Crippen MR) is 70.5 cm³/mol. The van der Waals surface area contributed by atoms with Crippen molar-refractivity contribution in [3.05, 3.63) is 58.6 Å². The van der Waals surface area contributed by atoms with E-state index < -0.39 is 0 Å². The smallest absolute Gasteiger partial charge is 0.124 e. The Balaban J connectivity index is 1.90. The molecule has 0 aliphatic carbocycles. The van der Waals surface area contributed by atoms with E-state index in [0.29, 0.717) is 0 Å². The molecule has 0 spiro atoms. The Morgan fingerprint density at radius 1 is 1.24 bits per heavy atom. The van der Waals surface area contributed by atoms with Crippen LogP contribution in [0.4, 0.5) is 10.1 Å². The zero-order valence-corrected chi connectivity index (χ0v) is 10.7. The van der Waals surface area contributed by atoms with Crippen LogP contribution in [0.25, 0.3) is 0 Å². The second kappa shape index (κ2) is 5.77. The van der Waals surface area contributed by atoms with Crippen LogP contribution in [0.5, 0.6) is 0 Å². The summed E-state index contributed by atoms with van der Waals surface area (Å²) in [6, 6.07) is 10.5. The van der Waals surface area contributed by atoms with Crippen molar-refractivity contribution in [2.75, 3.05) is 11.9 Å². The maximum atomic E-state index is 12.9. The highest BCUT2D eigenvalue weighted by molar-refractivity contribution is 9.10. The summed E-state index contributed by atoms with van der Waals surface area (Å²) in [6.07, 6.45) is 2.62. The van der Waals surface area contributed by atoms with Gasteiger partial charge in [0.05, 0.1) is 0 Å². The lowest BCUT2D eigenvalue weighted by Gasteiger charge is -2.08. The molecule has 0 bridgehead atoms. The van der Waals surface area contributed by atoms with Crippen molar-refractivity contribution < 1.29 is 4.39 Å². The van der Waals surface area contributed by atoms with Crippen molar-refractivity contribution in [2.24, 2.45) is 0 Å². The standard InChI is InChI=1S/C13H12BrFN2/c14-12-9-10(15)4-5-13(12)17-8-6-11-3-1-2-7-16-11/h1-5,7,9,17H,6,8H2. The lowest BCUT2D eigenvalue weighted by atomic mass is 10.2. The summed E-state index contributed by atoms with van der Waals surface area (Å²) in [6.45, 7) is 0.765. The van der Waals surface area contributed by atoms with Crippen molar-refractivity contribution in [3.8, 4) is 0 Å². The summed E-state index contributed by atoms with van der Waals surface area (Å²) in [5, 5.41) is 3.24. The van der Waals surface area contributed by atoms with Gasteiger partial charge in [0.15, 0.2) is 0 Å². The van der Waals surface area contributed by atoms with Crippen molar-refractivity contribution in [3.63, 3.8) is 0 Å². The van der Waals surface area contributed by atoms with Crippen LogP contribution < -0.4 is 5.32 Å². The van der Waals surface area contributed by atoms with Crippen LogP contribution in [-0.4, -0.2) is 11.5 Å². The SMILES string of the molecule is Fc1ccc(NCCc2ccccn2)c(Br)c1. The number of nitrogens with one attached hydrogen (secondary N) is 1. The van der Waals surface area contributed by atoms with E-state index in [1.165, 1.54) is 12.1 Å². The largest absolute Gasteiger partial charge is 0.384 e. The highest BCUT2D eigenvalue weighted by Crippen LogP contribution is 2.22. The van der Waals surface area contributed by atoms with E-state index in [0.717, 1.165) is 28.8 Å². The van der Waals surface area contributed by atoms with E-state index in [1.807, 2.05) is 18.2 Å². The maximum absolute atomic E-state index is 12.9. The molecule has 1 aromatic carbocycles. The predicted octanol–water partition coefficient (Wildman–Crippen LogP) is 3.64. The van der Waals surface area contributed by atoms with Gasteiger partial charge >= 0.3 is 0 Å². The maximum Gasteiger partial charge on any atom is 0.124 e. The third kappa shape index (κ3) is 3.53. The third-order valence-electron chi connectivity index (χ3n) is 2.35. The Bertz CT molecular complexity index is 488. The van der Waals surface area contributed by atoms with Crippen LogP contribution in [0.1, 0.15) is 5.69 Å². The van der Waals surface area contributed by atoms with Crippen molar-refractivity contribution in [1.82, 2.24) is 4.98 Å². The van der Waals surface area contributed by atoms with Crippen LogP contribution in [0.2, 0.25) is 0 Å². The van der Waals surface area contributed by atoms with Crippen molar-refractivity contribution in [1.29, 1.82) is 0 Å². The molecule has 17 heavy (non-hydrogen) atoms. The number of aromatic nitrogens is 1. The minimum absolute atomic E-state index is 0.243. The molecule has 1 N–H and O–H groups in total. The van der Waals surface area contributed by atoms with E-state index >= 15 is 0 Å². The zero-order valence-electron chi connectivity index (χ0n) is 9.16. The number of nitrogens with zero attached hydrogens (tertiary/aromatic N) is 1. The molecule has 2 nitrogen and oxygen atoms in total. The monoisotopic (exact) mass is 294 g/mol. The highest BCUT2D eigenvalue weighted by Gasteiger charge is 2.00. The van der Waals surface area contributed by atoms with Crippen LogP contribution in [0.15, 0.2) is 47.1 Å². The number of halogens is 2. The van der Waals surface area contributed by atoms with Gasteiger partial charge in [0.25, 0.3) is 0 Å². The molecular weight excluding hydrogens is 283 g/mol. The zero-order chi connectivity index (χ0) is 12.1. The summed E-state index contributed by atoms with van der Waals surface area (Å²) in [5.41, 5.74) is 1.93. The normalized spacial score (nSPS) is 10.2. The Morgan fingerprint density at radius 2 is 2.12 bits per heavy atom.